The molecule has 0 aliphatic carbocycles. The van der Waals surface area contributed by atoms with Crippen molar-refractivity contribution in [3.63, 3.8) is 0 Å². The molecule has 1 heterocycles. The largest absolute Gasteiger partial charge is 0.493 e. The van der Waals surface area contributed by atoms with E-state index in [2.05, 4.69) is 27.6 Å². The minimum Gasteiger partial charge on any atom is -0.493 e. The average Bonchev–Trinajstić information content (AvgIpc) is 2.95. The SMILES string of the molecule is COc1cc(Nc2n[nH]c3cc(C)ccc23)cc(OC)c1OC. The summed E-state index contributed by atoms with van der Waals surface area (Å²) in [5, 5.41) is 11.7. The van der Waals surface area contributed by atoms with E-state index in [9.17, 15) is 0 Å². The van der Waals surface area contributed by atoms with E-state index in [0.29, 0.717) is 17.2 Å². The molecule has 120 valence electrons. The van der Waals surface area contributed by atoms with Gasteiger partial charge in [-0.2, -0.15) is 5.10 Å². The molecular weight excluding hydrogens is 294 g/mol. The van der Waals surface area contributed by atoms with Gasteiger partial charge in [-0.1, -0.05) is 6.07 Å². The van der Waals surface area contributed by atoms with Gasteiger partial charge in [0.2, 0.25) is 5.75 Å². The summed E-state index contributed by atoms with van der Waals surface area (Å²) in [5.74, 6) is 2.48. The van der Waals surface area contributed by atoms with Crippen LogP contribution in [0.25, 0.3) is 10.9 Å². The van der Waals surface area contributed by atoms with Gasteiger partial charge in [-0.3, -0.25) is 5.10 Å². The van der Waals surface area contributed by atoms with Crippen molar-refractivity contribution >= 4 is 22.4 Å². The molecular formula is C17H19N3O3. The molecule has 6 nitrogen and oxygen atoms in total. The van der Waals surface area contributed by atoms with Crippen molar-refractivity contribution in [2.45, 2.75) is 6.92 Å². The van der Waals surface area contributed by atoms with Gasteiger partial charge in [0, 0.05) is 23.2 Å². The van der Waals surface area contributed by atoms with Gasteiger partial charge in [0.25, 0.3) is 0 Å². The molecule has 6 heteroatoms. The minimum atomic E-state index is 0.558. The number of hydrogen-bond donors (Lipinski definition) is 2. The molecule has 0 amide bonds. The fourth-order valence-corrected chi connectivity index (χ4v) is 2.52. The Morgan fingerprint density at radius 2 is 1.65 bits per heavy atom. The smallest absolute Gasteiger partial charge is 0.203 e. The number of aryl methyl sites for hydroxylation is 1. The molecule has 2 N–H and O–H groups in total. The Hall–Kier alpha value is -2.89. The van der Waals surface area contributed by atoms with Gasteiger partial charge in [0.15, 0.2) is 17.3 Å². The Morgan fingerprint density at radius 3 is 2.26 bits per heavy atom. The Kier molecular flexibility index (Phi) is 3.97. The third-order valence-electron chi connectivity index (χ3n) is 3.65. The van der Waals surface area contributed by atoms with E-state index < -0.39 is 0 Å². The number of fused-ring (bicyclic) bond motifs is 1. The summed E-state index contributed by atoms with van der Waals surface area (Å²) < 4.78 is 16.1. The van der Waals surface area contributed by atoms with Gasteiger partial charge in [0.05, 0.1) is 26.8 Å². The monoisotopic (exact) mass is 313 g/mol. The molecule has 0 saturated carbocycles. The van der Waals surface area contributed by atoms with E-state index in [4.69, 9.17) is 14.2 Å². The number of anilines is 2. The number of rotatable bonds is 5. The molecule has 0 aliphatic rings. The predicted octanol–water partition coefficient (Wildman–Crippen LogP) is 3.64. The maximum atomic E-state index is 5.37. The second kappa shape index (κ2) is 6.08. The second-order valence-corrected chi connectivity index (χ2v) is 5.16. The summed E-state index contributed by atoms with van der Waals surface area (Å²) in [6.45, 7) is 2.05. The third-order valence-corrected chi connectivity index (χ3v) is 3.65. The van der Waals surface area contributed by atoms with Crippen molar-refractivity contribution < 1.29 is 14.2 Å². The van der Waals surface area contributed by atoms with E-state index in [-0.39, 0.29) is 0 Å². The molecule has 3 rings (SSSR count). The van der Waals surface area contributed by atoms with Crippen molar-refractivity contribution in [1.29, 1.82) is 0 Å². The highest BCUT2D eigenvalue weighted by molar-refractivity contribution is 5.92. The first kappa shape index (κ1) is 15.0. The summed E-state index contributed by atoms with van der Waals surface area (Å²) in [6, 6.07) is 9.83. The van der Waals surface area contributed by atoms with Crippen LogP contribution in [0.15, 0.2) is 30.3 Å². The van der Waals surface area contributed by atoms with Gasteiger partial charge in [0.1, 0.15) is 0 Å². The number of H-pyrrole nitrogens is 1. The Bertz CT molecular complexity index is 817. The van der Waals surface area contributed by atoms with Crippen LogP contribution in [-0.4, -0.2) is 31.5 Å². The summed E-state index contributed by atoms with van der Waals surface area (Å²) in [7, 11) is 4.76. The Labute approximate surface area is 134 Å². The van der Waals surface area contributed by atoms with E-state index in [1.807, 2.05) is 25.1 Å². The molecule has 0 radical (unpaired) electrons. The predicted molar refractivity (Wildman–Crippen MR) is 90.2 cm³/mol. The second-order valence-electron chi connectivity index (χ2n) is 5.16. The first-order valence-electron chi connectivity index (χ1n) is 7.18. The van der Waals surface area contributed by atoms with Crippen molar-refractivity contribution in [2.75, 3.05) is 26.6 Å². The maximum absolute atomic E-state index is 5.37. The Morgan fingerprint density at radius 1 is 0.957 bits per heavy atom. The van der Waals surface area contributed by atoms with Gasteiger partial charge < -0.3 is 19.5 Å². The van der Waals surface area contributed by atoms with Crippen LogP contribution >= 0.6 is 0 Å². The van der Waals surface area contributed by atoms with Crippen LogP contribution in [0, 0.1) is 6.92 Å². The molecule has 0 spiro atoms. The molecule has 1 aromatic heterocycles. The Balaban J connectivity index is 2.01. The first-order valence-corrected chi connectivity index (χ1v) is 7.18. The maximum Gasteiger partial charge on any atom is 0.203 e. The molecule has 0 unspecified atom stereocenters. The summed E-state index contributed by atoms with van der Waals surface area (Å²) in [6.07, 6.45) is 0. The van der Waals surface area contributed by atoms with Crippen LogP contribution in [0.5, 0.6) is 17.2 Å². The number of methoxy groups -OCH3 is 3. The number of hydrogen-bond acceptors (Lipinski definition) is 5. The van der Waals surface area contributed by atoms with Crippen molar-refractivity contribution in [3.05, 3.63) is 35.9 Å². The number of aromatic amines is 1. The fraction of sp³-hybridized carbons (Fsp3) is 0.235. The highest BCUT2D eigenvalue weighted by Gasteiger charge is 2.14. The topological polar surface area (TPSA) is 68.4 Å². The lowest BCUT2D eigenvalue weighted by Crippen LogP contribution is -1.98. The zero-order valence-electron chi connectivity index (χ0n) is 13.6. The minimum absolute atomic E-state index is 0.558. The van der Waals surface area contributed by atoms with Gasteiger partial charge >= 0.3 is 0 Å². The number of nitrogens with one attached hydrogen (secondary N) is 2. The van der Waals surface area contributed by atoms with Gasteiger partial charge in [-0.25, -0.2) is 0 Å². The normalized spacial score (nSPS) is 10.6. The van der Waals surface area contributed by atoms with Crippen molar-refractivity contribution in [2.24, 2.45) is 0 Å². The van der Waals surface area contributed by atoms with Crippen LogP contribution < -0.4 is 19.5 Å². The first-order chi connectivity index (χ1) is 11.2. The molecule has 0 aliphatic heterocycles. The lowest BCUT2D eigenvalue weighted by molar-refractivity contribution is 0.324. The molecule has 0 atom stereocenters. The zero-order valence-corrected chi connectivity index (χ0v) is 13.6. The van der Waals surface area contributed by atoms with Crippen LogP contribution in [0.2, 0.25) is 0 Å². The molecule has 23 heavy (non-hydrogen) atoms. The van der Waals surface area contributed by atoms with Gasteiger partial charge in [-0.15, -0.1) is 0 Å². The van der Waals surface area contributed by atoms with E-state index in [0.717, 1.165) is 22.4 Å². The number of benzene rings is 2. The van der Waals surface area contributed by atoms with E-state index >= 15 is 0 Å². The summed E-state index contributed by atoms with van der Waals surface area (Å²) in [4.78, 5) is 0. The highest BCUT2D eigenvalue weighted by Crippen LogP contribution is 2.40. The molecule has 3 aromatic rings. The lowest BCUT2D eigenvalue weighted by atomic mass is 10.2. The molecule has 0 bridgehead atoms. The third kappa shape index (κ3) is 2.75. The van der Waals surface area contributed by atoms with Crippen molar-refractivity contribution in [3.8, 4) is 17.2 Å². The highest BCUT2D eigenvalue weighted by atomic mass is 16.5. The molecule has 2 aromatic carbocycles. The number of aromatic nitrogens is 2. The van der Waals surface area contributed by atoms with E-state index in [1.165, 1.54) is 5.56 Å². The van der Waals surface area contributed by atoms with Crippen LogP contribution in [0.4, 0.5) is 11.5 Å². The molecule has 0 fully saturated rings. The summed E-state index contributed by atoms with van der Waals surface area (Å²) in [5.41, 5.74) is 2.97. The number of ether oxygens (including phenoxy) is 3. The number of nitrogens with zero attached hydrogens (tertiary/aromatic N) is 1. The van der Waals surface area contributed by atoms with Crippen LogP contribution in [0.3, 0.4) is 0 Å². The molecule has 0 saturated heterocycles. The van der Waals surface area contributed by atoms with Crippen LogP contribution in [0.1, 0.15) is 5.56 Å². The standard InChI is InChI=1S/C17H19N3O3/c1-10-5-6-12-13(7-10)19-20-17(12)18-11-8-14(21-2)16(23-4)15(9-11)22-3/h5-9H,1-4H3,(H2,18,19,20). The average molecular weight is 313 g/mol. The lowest BCUT2D eigenvalue weighted by Gasteiger charge is -2.14. The van der Waals surface area contributed by atoms with Crippen LogP contribution in [-0.2, 0) is 0 Å². The van der Waals surface area contributed by atoms with Crippen molar-refractivity contribution in [1.82, 2.24) is 10.2 Å². The fourth-order valence-electron chi connectivity index (χ4n) is 2.52. The zero-order chi connectivity index (χ0) is 16.4. The van der Waals surface area contributed by atoms with Gasteiger partial charge in [-0.05, 0) is 24.6 Å². The summed E-state index contributed by atoms with van der Waals surface area (Å²) >= 11 is 0. The quantitative estimate of drug-likeness (QED) is 0.752. The van der Waals surface area contributed by atoms with E-state index in [1.54, 1.807) is 21.3 Å².